The molecule has 0 atom stereocenters. The average molecular weight is 516 g/mol. The molecule has 0 fully saturated rings. The minimum absolute atomic E-state index is 0.0130. The number of benzene rings is 3. The third-order valence-corrected chi connectivity index (χ3v) is 8.68. The molecular weight excluding hydrogens is 472 g/mol. The van der Waals surface area contributed by atoms with E-state index in [0.29, 0.717) is 0 Å². The van der Waals surface area contributed by atoms with Crippen molar-refractivity contribution in [2.45, 2.75) is 65.2 Å². The summed E-state index contributed by atoms with van der Waals surface area (Å²) in [6.07, 6.45) is 11.4. The Morgan fingerprint density at radius 2 is 1.46 bits per heavy atom. The third-order valence-electron chi connectivity index (χ3n) is 8.68. The van der Waals surface area contributed by atoms with Crippen molar-refractivity contribution in [3.63, 3.8) is 0 Å². The Morgan fingerprint density at radius 1 is 0.795 bits per heavy atom. The number of allylic oxidation sites excluding steroid dienone is 6. The summed E-state index contributed by atoms with van der Waals surface area (Å²) >= 11 is 0. The Labute approximate surface area is 235 Å². The van der Waals surface area contributed by atoms with Gasteiger partial charge in [0.15, 0.2) is 5.71 Å². The van der Waals surface area contributed by atoms with Crippen LogP contribution in [-0.4, -0.2) is 23.4 Å². The van der Waals surface area contributed by atoms with Crippen LogP contribution in [0.4, 0.5) is 11.4 Å². The summed E-state index contributed by atoms with van der Waals surface area (Å²) in [6.45, 7) is 15.9. The first kappa shape index (κ1) is 26.9. The first-order chi connectivity index (χ1) is 18.8. The van der Waals surface area contributed by atoms with E-state index in [1.54, 1.807) is 0 Å². The number of hydrogen-bond donors (Lipinski definition) is 0. The molecule has 2 aliphatic rings. The van der Waals surface area contributed by atoms with Gasteiger partial charge in [-0.2, -0.15) is 4.58 Å². The van der Waals surface area contributed by atoms with Gasteiger partial charge in [-0.25, -0.2) is 0 Å². The van der Waals surface area contributed by atoms with Crippen LogP contribution in [0.25, 0.3) is 5.57 Å². The Morgan fingerprint density at radius 3 is 2.18 bits per heavy atom. The Hall–Kier alpha value is -3.65. The Kier molecular flexibility index (Phi) is 7.49. The summed E-state index contributed by atoms with van der Waals surface area (Å²) < 4.78 is 2.46. The van der Waals surface area contributed by atoms with Gasteiger partial charge in [0, 0.05) is 41.1 Å². The molecule has 0 amide bonds. The molecule has 0 aliphatic carbocycles. The highest BCUT2D eigenvalue weighted by atomic mass is 15.2. The number of para-hydroxylation sites is 2. The minimum atomic E-state index is -0.0130. The lowest BCUT2D eigenvalue weighted by Crippen LogP contribution is -2.27. The van der Waals surface area contributed by atoms with Crippen LogP contribution in [0.1, 0.15) is 71.1 Å². The molecule has 5 rings (SSSR count). The molecule has 0 saturated heterocycles. The largest absolute Gasteiger partial charge is 0.345 e. The minimum Gasteiger partial charge on any atom is -0.345 e. The zero-order valence-corrected chi connectivity index (χ0v) is 24.5. The predicted molar refractivity (Wildman–Crippen MR) is 168 cm³/mol. The van der Waals surface area contributed by atoms with E-state index in [9.17, 15) is 0 Å². The fourth-order valence-electron chi connectivity index (χ4n) is 6.63. The van der Waals surface area contributed by atoms with Crippen LogP contribution in [-0.2, 0) is 10.8 Å². The van der Waals surface area contributed by atoms with Gasteiger partial charge in [-0.05, 0) is 63.3 Å². The molecule has 39 heavy (non-hydrogen) atoms. The maximum absolute atomic E-state index is 2.50. The number of likely N-dealkylation sites (N-methyl/N-ethyl adjacent to an activating group) is 1. The normalized spacial score (nSPS) is 18.8. The molecule has 0 aromatic heterocycles. The predicted octanol–water partition coefficient (Wildman–Crippen LogP) is 9.20. The van der Waals surface area contributed by atoms with Crippen molar-refractivity contribution in [2.24, 2.45) is 0 Å². The SMILES string of the molecule is CCN1/C(=C/CC/C(=C/C=C/C2=[N+](CC)c3ccccc3C2(C)C)c2ccccc2)C(C)(C)c2ccccc21. The maximum Gasteiger partial charge on any atom is 0.209 e. The second-order valence-electron chi connectivity index (χ2n) is 11.7. The van der Waals surface area contributed by atoms with Crippen molar-refractivity contribution in [2.75, 3.05) is 18.0 Å². The van der Waals surface area contributed by atoms with E-state index in [4.69, 9.17) is 0 Å². The monoisotopic (exact) mass is 515 g/mol. The molecule has 0 spiro atoms. The molecule has 2 heteroatoms. The van der Waals surface area contributed by atoms with Crippen molar-refractivity contribution in [1.29, 1.82) is 0 Å². The first-order valence-electron chi connectivity index (χ1n) is 14.6. The number of fused-ring (bicyclic) bond motifs is 2. The third kappa shape index (κ3) is 4.82. The van der Waals surface area contributed by atoms with E-state index in [1.807, 2.05) is 0 Å². The van der Waals surface area contributed by atoms with Crippen LogP contribution in [0.5, 0.6) is 0 Å². The van der Waals surface area contributed by atoms with Crippen LogP contribution in [0.3, 0.4) is 0 Å². The summed E-state index contributed by atoms with van der Waals surface area (Å²) in [5.41, 5.74) is 11.0. The van der Waals surface area contributed by atoms with Gasteiger partial charge >= 0.3 is 0 Å². The molecule has 0 radical (unpaired) electrons. The van der Waals surface area contributed by atoms with Gasteiger partial charge in [0.05, 0.1) is 5.41 Å². The molecule has 2 nitrogen and oxygen atoms in total. The van der Waals surface area contributed by atoms with Gasteiger partial charge in [-0.15, -0.1) is 0 Å². The summed E-state index contributed by atoms with van der Waals surface area (Å²) in [4.78, 5) is 2.50. The highest BCUT2D eigenvalue weighted by Gasteiger charge is 2.43. The van der Waals surface area contributed by atoms with Crippen molar-refractivity contribution in [1.82, 2.24) is 0 Å². The molecule has 0 unspecified atom stereocenters. The van der Waals surface area contributed by atoms with Crippen molar-refractivity contribution in [3.8, 4) is 0 Å². The molecule has 3 aromatic carbocycles. The van der Waals surface area contributed by atoms with Gasteiger partial charge in [0.1, 0.15) is 6.54 Å². The van der Waals surface area contributed by atoms with Gasteiger partial charge < -0.3 is 4.90 Å². The van der Waals surface area contributed by atoms with Gasteiger partial charge in [0.2, 0.25) is 5.69 Å². The number of anilines is 1. The standard InChI is InChI=1S/C37H43N2/c1-7-38-32-24-14-12-22-30(32)36(3,4)34(38)26-16-20-29(28-18-10-9-11-19-28)21-17-27-35-37(5,6)31-23-13-15-25-33(31)39(35)8-2/h9-16,18-20,22-27H,7-8,17,21H2,1-6H3/q+1/b26-16+,29-20-,35-27+. The van der Waals surface area contributed by atoms with E-state index in [2.05, 4.69) is 154 Å². The molecule has 2 heterocycles. The molecule has 0 bridgehead atoms. The number of nitrogens with zero attached hydrogens (tertiary/aromatic N) is 2. The van der Waals surface area contributed by atoms with Gasteiger partial charge in [-0.1, -0.05) is 98.8 Å². The molecule has 0 N–H and O–H groups in total. The van der Waals surface area contributed by atoms with Crippen LogP contribution < -0.4 is 4.90 Å². The molecule has 3 aromatic rings. The second-order valence-corrected chi connectivity index (χ2v) is 11.7. The summed E-state index contributed by atoms with van der Waals surface area (Å²) in [7, 11) is 0. The van der Waals surface area contributed by atoms with Crippen molar-refractivity contribution in [3.05, 3.63) is 126 Å². The van der Waals surface area contributed by atoms with Crippen molar-refractivity contribution >= 4 is 22.7 Å². The van der Waals surface area contributed by atoms with Gasteiger partial charge in [-0.3, -0.25) is 0 Å². The maximum atomic E-state index is 2.50. The smallest absolute Gasteiger partial charge is 0.209 e. The average Bonchev–Trinajstić information content (AvgIpc) is 3.31. The zero-order chi connectivity index (χ0) is 27.6. The number of rotatable bonds is 8. The van der Waals surface area contributed by atoms with Crippen LogP contribution >= 0.6 is 0 Å². The Bertz CT molecular complexity index is 1460. The topological polar surface area (TPSA) is 6.25 Å². The lowest BCUT2D eigenvalue weighted by molar-refractivity contribution is -0.433. The van der Waals surface area contributed by atoms with Crippen LogP contribution in [0.15, 0.2) is 109 Å². The highest BCUT2D eigenvalue weighted by Crippen LogP contribution is 2.47. The second kappa shape index (κ2) is 10.8. The summed E-state index contributed by atoms with van der Waals surface area (Å²) in [5, 5.41) is 0. The zero-order valence-electron chi connectivity index (χ0n) is 24.5. The van der Waals surface area contributed by atoms with E-state index >= 15 is 0 Å². The summed E-state index contributed by atoms with van der Waals surface area (Å²) in [5.74, 6) is 0. The molecular formula is C37H43N2+. The summed E-state index contributed by atoms with van der Waals surface area (Å²) in [6, 6.07) is 28.6. The lowest BCUT2D eigenvalue weighted by atomic mass is 9.81. The Balaban J connectivity index is 1.43. The van der Waals surface area contributed by atoms with E-state index in [0.717, 1.165) is 25.9 Å². The van der Waals surface area contributed by atoms with Crippen LogP contribution in [0.2, 0.25) is 0 Å². The van der Waals surface area contributed by atoms with E-state index < -0.39 is 0 Å². The molecule has 200 valence electrons. The highest BCUT2D eigenvalue weighted by molar-refractivity contribution is 6.03. The molecule has 0 saturated carbocycles. The van der Waals surface area contributed by atoms with Gasteiger partial charge in [0.25, 0.3) is 0 Å². The van der Waals surface area contributed by atoms with Crippen LogP contribution in [0, 0.1) is 0 Å². The first-order valence-corrected chi connectivity index (χ1v) is 14.6. The molecule has 2 aliphatic heterocycles. The fourth-order valence-corrected chi connectivity index (χ4v) is 6.63. The lowest BCUT2D eigenvalue weighted by Gasteiger charge is -2.26. The van der Waals surface area contributed by atoms with E-state index in [-0.39, 0.29) is 10.8 Å². The van der Waals surface area contributed by atoms with E-state index in [1.165, 1.54) is 45.0 Å². The number of hydrogen-bond acceptors (Lipinski definition) is 1. The van der Waals surface area contributed by atoms with Crippen molar-refractivity contribution < 1.29 is 4.58 Å². The quantitative estimate of drug-likeness (QED) is 0.214. The fraction of sp³-hybridized carbons (Fsp3) is 0.324.